The molecule has 0 aliphatic carbocycles. The zero-order valence-corrected chi connectivity index (χ0v) is 15.8. The van der Waals surface area contributed by atoms with E-state index in [0.29, 0.717) is 28.2 Å². The number of hydrogen-bond acceptors (Lipinski definition) is 5. The Morgan fingerprint density at radius 3 is 2.07 bits per heavy atom. The maximum absolute atomic E-state index is 13.1. The first kappa shape index (κ1) is 20.7. The lowest BCUT2D eigenvalue weighted by Crippen LogP contribution is -2.26. The Hall–Kier alpha value is -3.59. The van der Waals surface area contributed by atoms with Gasteiger partial charge in [-0.3, -0.25) is 4.79 Å². The second-order valence-electron chi connectivity index (χ2n) is 6.57. The SMILES string of the molecule is C.CN(C)C1=NN(c2ccccc2)C(=O)/C1=C(/C#N)c1ccc(N(C)C)cc1. The summed E-state index contributed by atoms with van der Waals surface area (Å²) in [5.41, 5.74) is 3.00. The first-order valence-electron chi connectivity index (χ1n) is 8.52. The number of amides is 1. The molecule has 6 nitrogen and oxygen atoms in total. The van der Waals surface area contributed by atoms with Crippen LogP contribution in [-0.2, 0) is 4.79 Å². The Bertz CT molecular complexity index is 951. The molecule has 0 spiro atoms. The number of nitriles is 1. The minimum atomic E-state index is -0.307. The highest BCUT2D eigenvalue weighted by Gasteiger charge is 2.35. The first-order valence-corrected chi connectivity index (χ1v) is 8.52. The smallest absolute Gasteiger partial charge is 0.283 e. The number of hydrogen-bond donors (Lipinski definition) is 0. The lowest BCUT2D eigenvalue weighted by Gasteiger charge is -2.14. The molecule has 0 atom stereocenters. The second kappa shape index (κ2) is 8.40. The molecule has 3 rings (SSSR count). The first-order chi connectivity index (χ1) is 12.9. The van der Waals surface area contributed by atoms with E-state index in [1.54, 1.807) is 4.90 Å². The lowest BCUT2D eigenvalue weighted by molar-refractivity contribution is -0.114. The summed E-state index contributed by atoms with van der Waals surface area (Å²) < 4.78 is 0. The van der Waals surface area contributed by atoms with Gasteiger partial charge in [-0.25, -0.2) is 0 Å². The average Bonchev–Trinajstić information content (AvgIpc) is 3.01. The maximum Gasteiger partial charge on any atom is 0.283 e. The molecule has 28 heavy (non-hydrogen) atoms. The molecule has 0 fully saturated rings. The number of nitrogens with zero attached hydrogens (tertiary/aromatic N) is 5. The summed E-state index contributed by atoms with van der Waals surface area (Å²) in [5, 5.41) is 15.6. The molecule has 0 radical (unpaired) electrons. The topological polar surface area (TPSA) is 62.9 Å². The normalized spacial score (nSPS) is 14.8. The quantitative estimate of drug-likeness (QED) is 0.608. The largest absolute Gasteiger partial charge is 0.378 e. The van der Waals surface area contributed by atoms with Gasteiger partial charge in [0.15, 0.2) is 5.84 Å². The fraction of sp³-hybridized carbons (Fsp3) is 0.227. The number of likely N-dealkylation sites (N-methyl/N-ethyl adjacent to an activating group) is 1. The molecule has 0 bridgehead atoms. The molecule has 0 saturated heterocycles. The number of carbonyl (C=O) groups excluding carboxylic acids is 1. The molecule has 0 N–H and O–H groups in total. The molecule has 0 saturated carbocycles. The molecule has 0 aromatic heterocycles. The van der Waals surface area contributed by atoms with Gasteiger partial charge >= 0.3 is 0 Å². The Labute approximate surface area is 166 Å². The number of para-hydroxylation sites is 1. The van der Waals surface area contributed by atoms with Gasteiger partial charge in [-0.05, 0) is 29.8 Å². The van der Waals surface area contributed by atoms with Crippen molar-refractivity contribution in [3.8, 4) is 6.07 Å². The van der Waals surface area contributed by atoms with Crippen LogP contribution < -0.4 is 9.91 Å². The predicted molar refractivity (Wildman–Crippen MR) is 115 cm³/mol. The van der Waals surface area contributed by atoms with Crippen LogP contribution in [0.5, 0.6) is 0 Å². The third kappa shape index (κ3) is 3.74. The van der Waals surface area contributed by atoms with E-state index in [4.69, 9.17) is 0 Å². The number of amidine groups is 1. The second-order valence-corrected chi connectivity index (χ2v) is 6.57. The van der Waals surface area contributed by atoms with Gasteiger partial charge < -0.3 is 9.80 Å². The lowest BCUT2D eigenvalue weighted by atomic mass is 9.99. The van der Waals surface area contributed by atoms with Crippen LogP contribution >= 0.6 is 0 Å². The van der Waals surface area contributed by atoms with E-state index >= 15 is 0 Å². The van der Waals surface area contributed by atoms with E-state index in [-0.39, 0.29) is 13.3 Å². The van der Waals surface area contributed by atoms with Crippen molar-refractivity contribution in [1.29, 1.82) is 5.26 Å². The summed E-state index contributed by atoms with van der Waals surface area (Å²) in [4.78, 5) is 16.9. The van der Waals surface area contributed by atoms with Crippen molar-refractivity contribution in [3.63, 3.8) is 0 Å². The van der Waals surface area contributed by atoms with Crippen LogP contribution in [0.4, 0.5) is 11.4 Å². The molecule has 1 aliphatic heterocycles. The van der Waals surface area contributed by atoms with Crippen molar-refractivity contribution in [2.45, 2.75) is 7.43 Å². The van der Waals surface area contributed by atoms with Gasteiger partial charge in [-0.1, -0.05) is 37.8 Å². The van der Waals surface area contributed by atoms with Gasteiger partial charge in [-0.15, -0.1) is 5.10 Å². The van der Waals surface area contributed by atoms with E-state index in [9.17, 15) is 10.1 Å². The summed E-state index contributed by atoms with van der Waals surface area (Å²) in [5.74, 6) is 0.162. The van der Waals surface area contributed by atoms with Crippen molar-refractivity contribution in [2.24, 2.45) is 5.10 Å². The van der Waals surface area contributed by atoms with Crippen LogP contribution in [0, 0.1) is 11.3 Å². The van der Waals surface area contributed by atoms with E-state index in [1.165, 1.54) is 5.01 Å². The molecular formula is C22H25N5O. The van der Waals surface area contributed by atoms with Crippen molar-refractivity contribution >= 4 is 28.7 Å². The number of benzene rings is 2. The number of anilines is 2. The van der Waals surface area contributed by atoms with Crippen LogP contribution in [0.15, 0.2) is 65.3 Å². The van der Waals surface area contributed by atoms with E-state index in [0.717, 1.165) is 5.69 Å². The Balaban J connectivity index is 0.00000280. The highest BCUT2D eigenvalue weighted by molar-refractivity contribution is 6.34. The zero-order chi connectivity index (χ0) is 19.6. The summed E-state index contributed by atoms with van der Waals surface area (Å²) in [6, 6.07) is 19.0. The molecule has 1 amide bonds. The standard InChI is InChI=1S/C21H21N5O.CH4/c1-24(2)16-12-10-15(11-13-16)18(14-22)19-20(25(3)4)23-26(21(19)27)17-8-6-5-7-9-17;/h5-13H,1-4H3;1H4/b19-18-;. The van der Waals surface area contributed by atoms with Crippen LogP contribution in [-0.4, -0.2) is 44.8 Å². The fourth-order valence-corrected chi connectivity index (χ4v) is 2.86. The van der Waals surface area contributed by atoms with Gasteiger partial charge in [0.05, 0.1) is 11.3 Å². The zero-order valence-electron chi connectivity index (χ0n) is 15.8. The Morgan fingerprint density at radius 1 is 0.964 bits per heavy atom. The molecule has 144 valence electrons. The number of allylic oxidation sites excluding steroid dienone is 1. The van der Waals surface area contributed by atoms with Crippen molar-refractivity contribution in [3.05, 3.63) is 65.7 Å². The molecule has 1 aliphatic rings. The van der Waals surface area contributed by atoms with Crippen LogP contribution in [0.2, 0.25) is 0 Å². The highest BCUT2D eigenvalue weighted by atomic mass is 16.2. The minimum absolute atomic E-state index is 0. The van der Waals surface area contributed by atoms with Crippen LogP contribution in [0.25, 0.3) is 5.57 Å². The van der Waals surface area contributed by atoms with Gasteiger partial charge in [0, 0.05) is 33.9 Å². The van der Waals surface area contributed by atoms with Crippen LogP contribution in [0.3, 0.4) is 0 Å². The molecule has 1 heterocycles. The Kier molecular flexibility index (Phi) is 6.22. The fourth-order valence-electron chi connectivity index (χ4n) is 2.86. The summed E-state index contributed by atoms with van der Waals surface area (Å²) in [6.45, 7) is 0. The monoisotopic (exact) mass is 375 g/mol. The minimum Gasteiger partial charge on any atom is -0.378 e. The van der Waals surface area contributed by atoms with Gasteiger partial charge in [0.2, 0.25) is 0 Å². The molecule has 6 heteroatoms. The molecule has 2 aromatic carbocycles. The Morgan fingerprint density at radius 2 is 1.57 bits per heavy atom. The maximum atomic E-state index is 13.1. The van der Waals surface area contributed by atoms with E-state index < -0.39 is 0 Å². The average molecular weight is 375 g/mol. The number of hydrazone groups is 1. The number of carbonyl (C=O) groups is 1. The molecule has 2 aromatic rings. The van der Waals surface area contributed by atoms with Crippen molar-refractivity contribution in [2.75, 3.05) is 38.1 Å². The summed E-state index contributed by atoms with van der Waals surface area (Å²) in [7, 11) is 7.52. The third-order valence-electron chi connectivity index (χ3n) is 4.28. The van der Waals surface area contributed by atoms with Crippen LogP contribution in [0.1, 0.15) is 13.0 Å². The summed E-state index contributed by atoms with van der Waals surface area (Å²) >= 11 is 0. The van der Waals surface area contributed by atoms with E-state index in [2.05, 4.69) is 11.2 Å². The van der Waals surface area contributed by atoms with E-state index in [1.807, 2.05) is 87.7 Å². The van der Waals surface area contributed by atoms with Crippen molar-refractivity contribution in [1.82, 2.24) is 4.90 Å². The van der Waals surface area contributed by atoms with Gasteiger partial charge in [0.25, 0.3) is 5.91 Å². The molecule has 0 unspecified atom stereocenters. The number of rotatable bonds is 3. The van der Waals surface area contributed by atoms with Gasteiger partial charge in [0.1, 0.15) is 11.6 Å². The highest BCUT2D eigenvalue weighted by Crippen LogP contribution is 2.30. The molecular weight excluding hydrogens is 350 g/mol. The predicted octanol–water partition coefficient (Wildman–Crippen LogP) is 3.59. The summed E-state index contributed by atoms with van der Waals surface area (Å²) in [6.07, 6.45) is 0. The third-order valence-corrected chi connectivity index (χ3v) is 4.28. The van der Waals surface area contributed by atoms with Gasteiger partial charge in [-0.2, -0.15) is 10.3 Å². The van der Waals surface area contributed by atoms with Crippen molar-refractivity contribution < 1.29 is 4.79 Å².